The van der Waals surface area contributed by atoms with Gasteiger partial charge in [0.1, 0.15) is 0 Å². The summed E-state index contributed by atoms with van der Waals surface area (Å²) < 4.78 is 0. The van der Waals surface area contributed by atoms with Gasteiger partial charge < -0.3 is 52.8 Å². The zero-order valence-corrected chi connectivity index (χ0v) is 24.1. The third-order valence-corrected chi connectivity index (χ3v) is 7.80. The molecule has 9 rings (SSSR count). The summed E-state index contributed by atoms with van der Waals surface area (Å²) in [4.78, 5) is 39.0. The van der Waals surface area contributed by atoms with Crippen molar-refractivity contribution in [3.05, 3.63) is 72.8 Å². The summed E-state index contributed by atoms with van der Waals surface area (Å²) >= 11 is 0. The predicted molar refractivity (Wildman–Crippen MR) is 172 cm³/mol. The standard InChI is InChI=1S/C32H20N12.Cu/c33-13-1-5-17-21(9-13)29-38-25(17)37-26-18-6-2-15(35)11-23(18)31(39-26)44-32-24-12-16(36)4-8-20(24)28(43-32)42-30-22-10-14(34)3-7-19(22)27(40-29)41-30;/h1-12H,33-36H2;/q-2;+2. The minimum Gasteiger partial charge on any atom is -0.399 e. The van der Waals surface area contributed by atoms with E-state index in [4.69, 9.17) is 62.8 Å². The van der Waals surface area contributed by atoms with Crippen LogP contribution in [0, 0.1) is 0 Å². The van der Waals surface area contributed by atoms with Crippen molar-refractivity contribution in [3.8, 4) is 45.6 Å². The van der Waals surface area contributed by atoms with Gasteiger partial charge in [0.15, 0.2) is 0 Å². The molecule has 45 heavy (non-hydrogen) atoms. The van der Waals surface area contributed by atoms with E-state index in [1.807, 2.05) is 48.5 Å². The first-order chi connectivity index (χ1) is 21.4. The van der Waals surface area contributed by atoms with E-state index in [0.717, 1.165) is 43.8 Å². The third-order valence-electron chi connectivity index (χ3n) is 7.80. The summed E-state index contributed by atoms with van der Waals surface area (Å²) in [6.07, 6.45) is 0. The van der Waals surface area contributed by atoms with Crippen LogP contribution in [0.1, 0.15) is 0 Å². The summed E-state index contributed by atoms with van der Waals surface area (Å²) in [6.45, 7) is 0. The number of benzene rings is 4. The molecular weight excluding hydrogens is 616 g/mol. The Labute approximate surface area is 264 Å². The quantitative estimate of drug-likeness (QED) is 0.134. The maximum Gasteiger partial charge on any atom is 2.00 e. The summed E-state index contributed by atoms with van der Waals surface area (Å²) in [7, 11) is 0. The maximum absolute atomic E-state index is 6.20. The van der Waals surface area contributed by atoms with Crippen LogP contribution in [0.25, 0.3) is 89.7 Å². The van der Waals surface area contributed by atoms with Gasteiger partial charge in [-0.2, -0.15) is 0 Å². The van der Waals surface area contributed by atoms with E-state index in [2.05, 4.69) is 0 Å². The van der Waals surface area contributed by atoms with Gasteiger partial charge in [-0.1, -0.05) is 12.1 Å². The predicted octanol–water partition coefficient (Wildman–Crippen LogP) is 4.45. The van der Waals surface area contributed by atoms with E-state index < -0.39 is 0 Å². The van der Waals surface area contributed by atoms with Crippen molar-refractivity contribution in [2.75, 3.05) is 22.9 Å². The Morgan fingerprint density at radius 2 is 0.689 bits per heavy atom. The molecule has 8 N–H and O–H groups in total. The fraction of sp³-hybridized carbons (Fsp3) is 0. The van der Waals surface area contributed by atoms with Crippen molar-refractivity contribution in [2.45, 2.75) is 0 Å². The second kappa shape index (κ2) is 9.48. The molecule has 4 aromatic carbocycles. The summed E-state index contributed by atoms with van der Waals surface area (Å²) in [5.41, 5.74) is 31.7. The minimum absolute atomic E-state index is 0. The molecule has 8 bridgehead atoms. The Kier molecular flexibility index (Phi) is 5.60. The molecule has 219 valence electrons. The van der Waals surface area contributed by atoms with Gasteiger partial charge in [-0.15, -0.1) is 0 Å². The number of aromatic nitrogens is 8. The molecule has 0 fully saturated rings. The van der Waals surface area contributed by atoms with Crippen LogP contribution in [-0.4, -0.2) is 29.9 Å². The number of nitrogens with zero attached hydrogens (tertiary/aromatic N) is 8. The number of anilines is 4. The molecule has 13 heteroatoms. The molecule has 1 radical (unpaired) electrons. The largest absolute Gasteiger partial charge is 2.00 e. The van der Waals surface area contributed by atoms with E-state index >= 15 is 0 Å². The monoisotopic (exact) mass is 635 g/mol. The van der Waals surface area contributed by atoms with Crippen molar-refractivity contribution in [1.82, 2.24) is 39.9 Å². The van der Waals surface area contributed by atoms with Gasteiger partial charge in [0, 0.05) is 67.6 Å². The third kappa shape index (κ3) is 4.06. The van der Waals surface area contributed by atoms with Gasteiger partial charge in [0.25, 0.3) is 0 Å². The molecule has 0 amide bonds. The van der Waals surface area contributed by atoms with E-state index in [-0.39, 0.29) is 17.1 Å². The number of hydrogen-bond acceptors (Lipinski definition) is 10. The minimum atomic E-state index is 0. The van der Waals surface area contributed by atoms with Gasteiger partial charge in [-0.25, -0.2) is 9.97 Å². The molecule has 2 aliphatic heterocycles. The molecule has 0 aliphatic carbocycles. The summed E-state index contributed by atoms with van der Waals surface area (Å²) in [6, 6.07) is 22.0. The van der Waals surface area contributed by atoms with Crippen LogP contribution >= 0.6 is 0 Å². The first-order valence-corrected chi connectivity index (χ1v) is 13.7. The van der Waals surface area contributed by atoms with Crippen LogP contribution in [0.3, 0.4) is 0 Å². The Bertz CT molecular complexity index is 2570. The smallest absolute Gasteiger partial charge is 0.399 e. The molecule has 2 aliphatic rings. The zero-order chi connectivity index (χ0) is 29.7. The van der Waals surface area contributed by atoms with Crippen molar-refractivity contribution in [1.29, 1.82) is 0 Å². The first kappa shape index (κ1) is 26.6. The second-order valence-corrected chi connectivity index (χ2v) is 10.7. The van der Waals surface area contributed by atoms with Gasteiger partial charge in [0.2, 0.25) is 0 Å². The molecule has 0 spiro atoms. The number of nitrogens with two attached hydrogens (primary N) is 4. The van der Waals surface area contributed by atoms with E-state index in [1.165, 1.54) is 0 Å². The second-order valence-electron chi connectivity index (χ2n) is 10.7. The number of hydrogen-bond donors (Lipinski definition) is 4. The fourth-order valence-corrected chi connectivity index (χ4v) is 5.73. The molecule has 7 aromatic rings. The normalized spacial score (nSPS) is 11.7. The molecule has 12 nitrogen and oxygen atoms in total. The molecule has 0 unspecified atom stereocenters. The molecule has 3 aromatic heterocycles. The van der Waals surface area contributed by atoms with Crippen LogP contribution in [-0.2, 0) is 17.1 Å². The maximum atomic E-state index is 6.20. The number of nitrogen functional groups attached to an aromatic ring is 4. The van der Waals surface area contributed by atoms with Crippen molar-refractivity contribution in [3.63, 3.8) is 0 Å². The fourth-order valence-electron chi connectivity index (χ4n) is 5.73. The SMILES string of the molecule is Nc1ccc2c(c1)-c1nc-2nc2[n-]c(nc3nc(nc4[n-]c(n1)c1ccc(N)cc41)-c1cc(N)ccc1-3)c1ccc(N)cc21.[Cu+2]. The zero-order valence-electron chi connectivity index (χ0n) is 23.1. The molecule has 0 saturated heterocycles. The topological polar surface area (TPSA) is 210 Å². The molecular formula is C32H20CuN12. The van der Waals surface area contributed by atoms with Crippen molar-refractivity contribution < 1.29 is 17.1 Å². The van der Waals surface area contributed by atoms with Crippen LogP contribution in [0.2, 0.25) is 0 Å². The van der Waals surface area contributed by atoms with Crippen LogP contribution in [0.15, 0.2) is 72.8 Å². The molecule has 5 heterocycles. The Hall–Kier alpha value is -6.04. The summed E-state index contributed by atoms with van der Waals surface area (Å²) in [5, 5.41) is 2.97. The van der Waals surface area contributed by atoms with Crippen molar-refractivity contribution in [2.24, 2.45) is 0 Å². The van der Waals surface area contributed by atoms with E-state index in [1.54, 1.807) is 24.3 Å². The average molecular weight is 636 g/mol. The Morgan fingerprint density at radius 1 is 0.356 bits per heavy atom. The molecule has 0 saturated carbocycles. The van der Waals surface area contributed by atoms with Crippen LogP contribution < -0.4 is 32.9 Å². The van der Waals surface area contributed by atoms with Crippen LogP contribution in [0.5, 0.6) is 0 Å². The number of fused-ring (bicyclic) bond motifs is 20. The van der Waals surface area contributed by atoms with E-state index in [9.17, 15) is 0 Å². The van der Waals surface area contributed by atoms with Gasteiger partial charge in [0.05, 0.1) is 23.3 Å². The van der Waals surface area contributed by atoms with Gasteiger partial charge in [-0.3, -0.25) is 0 Å². The Morgan fingerprint density at radius 3 is 1.11 bits per heavy atom. The van der Waals surface area contributed by atoms with Gasteiger partial charge >= 0.3 is 17.1 Å². The van der Waals surface area contributed by atoms with Crippen molar-refractivity contribution >= 4 is 66.9 Å². The molecule has 0 atom stereocenters. The Balaban J connectivity index is 0.00000300. The van der Waals surface area contributed by atoms with Crippen LogP contribution in [0.4, 0.5) is 22.7 Å². The van der Waals surface area contributed by atoms with E-state index in [0.29, 0.717) is 68.6 Å². The first-order valence-electron chi connectivity index (χ1n) is 13.7. The van der Waals surface area contributed by atoms with Gasteiger partial charge in [-0.05, 0) is 82.2 Å². The number of rotatable bonds is 0. The summed E-state index contributed by atoms with van der Waals surface area (Å²) in [5.74, 6) is 1.68. The average Bonchev–Trinajstić information content (AvgIpc) is 3.71.